The van der Waals surface area contributed by atoms with E-state index in [1.165, 1.54) is 11.3 Å². The Morgan fingerprint density at radius 3 is 3.15 bits per heavy atom. The molecule has 0 spiro atoms. The van der Waals surface area contributed by atoms with Gasteiger partial charge in [0.05, 0.1) is 17.9 Å². The van der Waals surface area contributed by atoms with Gasteiger partial charge in [-0.3, -0.25) is 4.79 Å². The van der Waals surface area contributed by atoms with Crippen LogP contribution in [0, 0.1) is 0 Å². The summed E-state index contributed by atoms with van der Waals surface area (Å²) in [7, 11) is 1.67. The van der Waals surface area contributed by atoms with Gasteiger partial charge in [0.1, 0.15) is 0 Å². The fourth-order valence-corrected chi connectivity index (χ4v) is 2.82. The number of anilines is 1. The van der Waals surface area contributed by atoms with Gasteiger partial charge in [-0.2, -0.15) is 0 Å². The number of thiazole rings is 1. The Hall–Kier alpha value is -1.66. The van der Waals surface area contributed by atoms with Gasteiger partial charge in [-0.05, 0) is 25.0 Å². The molecule has 1 N–H and O–H groups in total. The van der Waals surface area contributed by atoms with E-state index in [9.17, 15) is 4.79 Å². The molecule has 1 aliphatic rings. The number of methoxy groups -OCH3 is 1. The minimum atomic E-state index is 0.0590. The lowest BCUT2D eigenvalue weighted by molar-refractivity contribution is 0.211. The van der Waals surface area contributed by atoms with Crippen LogP contribution in [-0.4, -0.2) is 29.8 Å². The zero-order valence-electron chi connectivity index (χ0n) is 11.3. The predicted octanol–water partition coefficient (Wildman–Crippen LogP) is 2.37. The van der Waals surface area contributed by atoms with Crippen molar-refractivity contribution in [3.8, 4) is 11.3 Å². The third-order valence-electron chi connectivity index (χ3n) is 3.28. The van der Waals surface area contributed by atoms with Gasteiger partial charge < -0.3 is 14.6 Å². The van der Waals surface area contributed by atoms with Gasteiger partial charge in [0.2, 0.25) is 0 Å². The van der Waals surface area contributed by atoms with E-state index in [2.05, 4.69) is 10.3 Å². The fraction of sp³-hybridized carbons (Fsp3) is 0.429. The molecule has 106 valence electrons. The topological polar surface area (TPSA) is 56.1 Å². The zero-order chi connectivity index (χ0) is 13.9. The maximum Gasteiger partial charge on any atom is 0.260 e. The van der Waals surface area contributed by atoms with Gasteiger partial charge in [-0.15, -0.1) is 11.3 Å². The highest BCUT2D eigenvalue weighted by Gasteiger charge is 2.25. The average Bonchev–Trinajstić information content (AvgIpc) is 3.19. The number of ether oxygens (including phenoxy) is 1. The second-order valence-corrected chi connectivity index (χ2v) is 5.68. The van der Waals surface area contributed by atoms with E-state index >= 15 is 0 Å². The molecule has 5 nitrogen and oxygen atoms in total. The smallest absolute Gasteiger partial charge is 0.260 e. The highest BCUT2D eigenvalue weighted by Crippen LogP contribution is 2.33. The Kier molecular flexibility index (Phi) is 3.84. The molecule has 0 atom stereocenters. The van der Waals surface area contributed by atoms with Crippen LogP contribution in [-0.2, 0) is 4.74 Å². The fourth-order valence-electron chi connectivity index (χ4n) is 2.08. The molecule has 0 bridgehead atoms. The summed E-state index contributed by atoms with van der Waals surface area (Å²) >= 11 is 1.51. The van der Waals surface area contributed by atoms with Crippen molar-refractivity contribution in [3.05, 3.63) is 34.1 Å². The van der Waals surface area contributed by atoms with E-state index in [4.69, 9.17) is 4.74 Å². The third-order valence-corrected chi connectivity index (χ3v) is 4.08. The molecule has 2 aromatic heterocycles. The number of hydrogen-bond donors (Lipinski definition) is 1. The summed E-state index contributed by atoms with van der Waals surface area (Å²) in [5.74, 6) is 0. The van der Waals surface area contributed by atoms with Crippen molar-refractivity contribution in [3.63, 3.8) is 0 Å². The first-order valence-electron chi connectivity index (χ1n) is 6.69. The van der Waals surface area contributed by atoms with Crippen LogP contribution in [0.2, 0.25) is 0 Å². The largest absolute Gasteiger partial charge is 0.383 e. The third kappa shape index (κ3) is 2.76. The second-order valence-electron chi connectivity index (χ2n) is 4.82. The van der Waals surface area contributed by atoms with Crippen LogP contribution >= 0.6 is 11.3 Å². The number of hydrogen-bond acceptors (Lipinski definition) is 5. The van der Waals surface area contributed by atoms with Crippen LogP contribution in [0.3, 0.4) is 0 Å². The van der Waals surface area contributed by atoms with Gasteiger partial charge >= 0.3 is 0 Å². The Balaban J connectivity index is 1.82. The van der Waals surface area contributed by atoms with Gasteiger partial charge in [-0.25, -0.2) is 4.98 Å². The predicted molar refractivity (Wildman–Crippen MR) is 80.4 cm³/mol. The molecule has 1 saturated carbocycles. The molecule has 2 heterocycles. The van der Waals surface area contributed by atoms with E-state index in [-0.39, 0.29) is 5.56 Å². The number of aromatic nitrogens is 2. The maximum absolute atomic E-state index is 12.4. The number of nitrogens with zero attached hydrogens (tertiary/aromatic N) is 2. The lowest BCUT2D eigenvalue weighted by atomic mass is 10.2. The van der Waals surface area contributed by atoms with E-state index in [0.717, 1.165) is 23.7 Å². The number of rotatable bonds is 6. The summed E-state index contributed by atoms with van der Waals surface area (Å²) in [5, 5.41) is 5.92. The maximum atomic E-state index is 12.4. The lowest BCUT2D eigenvalue weighted by Gasteiger charge is -2.04. The van der Waals surface area contributed by atoms with Crippen LogP contribution in [0.1, 0.15) is 18.9 Å². The standard InChI is InChI=1S/C14H17N3O2S/c1-19-8-6-15-14-16-12(9-20-14)11-3-2-7-17(13(11)18)10-4-5-10/h2-3,7,9-10H,4-6,8H2,1H3,(H,15,16). The van der Waals surface area contributed by atoms with E-state index in [0.29, 0.717) is 24.8 Å². The molecule has 0 saturated heterocycles. The second kappa shape index (κ2) is 5.76. The number of nitrogens with one attached hydrogen (secondary N) is 1. The molecule has 2 aromatic rings. The zero-order valence-corrected chi connectivity index (χ0v) is 12.2. The van der Waals surface area contributed by atoms with Crippen LogP contribution < -0.4 is 10.9 Å². The molecular weight excluding hydrogens is 274 g/mol. The molecule has 6 heteroatoms. The van der Waals surface area contributed by atoms with Gasteiger partial charge in [0, 0.05) is 31.3 Å². The minimum absolute atomic E-state index is 0.0590. The minimum Gasteiger partial charge on any atom is -0.383 e. The molecule has 0 radical (unpaired) electrons. The Labute approximate surface area is 121 Å². The molecule has 0 amide bonds. The summed E-state index contributed by atoms with van der Waals surface area (Å²) in [6.07, 6.45) is 4.07. The van der Waals surface area contributed by atoms with Crippen molar-refractivity contribution >= 4 is 16.5 Å². The highest BCUT2D eigenvalue weighted by atomic mass is 32.1. The van der Waals surface area contributed by atoms with Crippen molar-refractivity contribution in [2.45, 2.75) is 18.9 Å². The first kappa shape index (κ1) is 13.3. The Bertz CT molecular complexity index is 646. The molecule has 3 rings (SSSR count). The highest BCUT2D eigenvalue weighted by molar-refractivity contribution is 7.14. The van der Waals surface area contributed by atoms with Crippen molar-refractivity contribution in [1.29, 1.82) is 0 Å². The van der Waals surface area contributed by atoms with Crippen molar-refractivity contribution in [2.75, 3.05) is 25.6 Å². The Morgan fingerprint density at radius 1 is 1.55 bits per heavy atom. The van der Waals surface area contributed by atoms with Crippen LogP contribution in [0.25, 0.3) is 11.3 Å². The normalized spacial score (nSPS) is 14.4. The summed E-state index contributed by atoms with van der Waals surface area (Å²) in [4.78, 5) is 16.9. The van der Waals surface area contributed by atoms with Gasteiger partial charge in [-0.1, -0.05) is 0 Å². The quantitative estimate of drug-likeness (QED) is 0.830. The van der Waals surface area contributed by atoms with Crippen molar-refractivity contribution in [1.82, 2.24) is 9.55 Å². The Morgan fingerprint density at radius 2 is 2.40 bits per heavy atom. The summed E-state index contributed by atoms with van der Waals surface area (Å²) in [6, 6.07) is 4.15. The average molecular weight is 291 g/mol. The monoisotopic (exact) mass is 291 g/mol. The van der Waals surface area contributed by atoms with Crippen molar-refractivity contribution < 1.29 is 4.74 Å². The molecule has 0 aromatic carbocycles. The van der Waals surface area contributed by atoms with Gasteiger partial charge in [0.25, 0.3) is 5.56 Å². The summed E-state index contributed by atoms with van der Waals surface area (Å²) in [6.45, 7) is 1.35. The van der Waals surface area contributed by atoms with Crippen molar-refractivity contribution in [2.24, 2.45) is 0 Å². The summed E-state index contributed by atoms with van der Waals surface area (Å²) < 4.78 is 6.81. The first-order valence-corrected chi connectivity index (χ1v) is 7.57. The van der Waals surface area contributed by atoms with Crippen LogP contribution in [0.15, 0.2) is 28.5 Å². The van der Waals surface area contributed by atoms with Gasteiger partial charge in [0.15, 0.2) is 5.13 Å². The number of pyridine rings is 1. The SMILES string of the molecule is COCCNc1nc(-c2cccn(C3CC3)c2=O)cs1. The summed E-state index contributed by atoms with van der Waals surface area (Å²) in [5.41, 5.74) is 1.48. The van der Waals surface area contributed by atoms with Crippen LogP contribution in [0.4, 0.5) is 5.13 Å². The molecule has 1 fully saturated rings. The molecular formula is C14H17N3O2S. The van der Waals surface area contributed by atoms with E-state index < -0.39 is 0 Å². The van der Waals surface area contributed by atoms with E-state index in [1.807, 2.05) is 28.3 Å². The molecule has 20 heavy (non-hydrogen) atoms. The first-order chi connectivity index (χ1) is 9.79. The van der Waals surface area contributed by atoms with Crippen LogP contribution in [0.5, 0.6) is 0 Å². The van der Waals surface area contributed by atoms with E-state index in [1.54, 1.807) is 7.11 Å². The molecule has 0 unspecified atom stereocenters. The molecule has 0 aliphatic heterocycles. The molecule has 1 aliphatic carbocycles. The lowest BCUT2D eigenvalue weighted by Crippen LogP contribution is -2.19.